The van der Waals surface area contributed by atoms with Gasteiger partial charge in [0.2, 0.25) is 0 Å². The second kappa shape index (κ2) is 8.87. The SMILES string of the molecule is CCCCOC(=O)c1cc(Br)cc(C(O)c2cc(Br)c(F)cc2F)c1. The number of carbonyl (C=O) groups excluding carboxylic acids is 1. The average Bonchev–Trinajstić information content (AvgIpc) is 2.57. The molecule has 0 amide bonds. The predicted molar refractivity (Wildman–Crippen MR) is 97.5 cm³/mol. The highest BCUT2D eigenvalue weighted by Gasteiger charge is 2.20. The van der Waals surface area contributed by atoms with Gasteiger partial charge in [0.15, 0.2) is 0 Å². The molecule has 1 atom stereocenters. The lowest BCUT2D eigenvalue weighted by molar-refractivity contribution is 0.0499. The molecule has 0 aliphatic carbocycles. The number of halogens is 4. The summed E-state index contributed by atoms with van der Waals surface area (Å²) in [7, 11) is 0. The molecule has 0 radical (unpaired) electrons. The number of rotatable bonds is 6. The van der Waals surface area contributed by atoms with Crippen LogP contribution in [0.25, 0.3) is 0 Å². The van der Waals surface area contributed by atoms with Gasteiger partial charge in [-0.25, -0.2) is 13.6 Å². The van der Waals surface area contributed by atoms with E-state index in [1.54, 1.807) is 12.1 Å². The van der Waals surface area contributed by atoms with Gasteiger partial charge in [0, 0.05) is 16.1 Å². The number of aliphatic hydroxyl groups excluding tert-OH is 1. The molecule has 0 heterocycles. The van der Waals surface area contributed by atoms with E-state index in [1.165, 1.54) is 12.1 Å². The van der Waals surface area contributed by atoms with Crippen LogP contribution < -0.4 is 0 Å². The smallest absolute Gasteiger partial charge is 0.338 e. The molecule has 2 aromatic carbocycles. The van der Waals surface area contributed by atoms with Gasteiger partial charge >= 0.3 is 5.97 Å². The third-order valence-electron chi connectivity index (χ3n) is 3.54. The highest BCUT2D eigenvalue weighted by molar-refractivity contribution is 9.10. The van der Waals surface area contributed by atoms with E-state index in [4.69, 9.17) is 4.74 Å². The van der Waals surface area contributed by atoms with Crippen molar-refractivity contribution in [2.24, 2.45) is 0 Å². The summed E-state index contributed by atoms with van der Waals surface area (Å²) >= 11 is 6.24. The van der Waals surface area contributed by atoms with Crippen LogP contribution in [0.3, 0.4) is 0 Å². The minimum Gasteiger partial charge on any atom is -0.462 e. The van der Waals surface area contributed by atoms with E-state index in [0.717, 1.165) is 12.8 Å². The molecule has 2 rings (SSSR count). The number of unbranched alkanes of at least 4 members (excludes halogenated alkanes) is 1. The molecule has 0 saturated carbocycles. The Bertz CT molecular complexity index is 781. The van der Waals surface area contributed by atoms with Crippen molar-refractivity contribution in [2.45, 2.75) is 25.9 Å². The van der Waals surface area contributed by atoms with Gasteiger partial charge in [-0.2, -0.15) is 0 Å². The molecule has 7 heteroatoms. The van der Waals surface area contributed by atoms with Gasteiger partial charge in [0.05, 0.1) is 16.6 Å². The van der Waals surface area contributed by atoms with E-state index in [9.17, 15) is 18.7 Å². The topological polar surface area (TPSA) is 46.5 Å². The number of aliphatic hydroxyl groups is 1. The van der Waals surface area contributed by atoms with Gasteiger partial charge in [-0.1, -0.05) is 29.3 Å². The van der Waals surface area contributed by atoms with Gasteiger partial charge in [-0.15, -0.1) is 0 Å². The third-order valence-corrected chi connectivity index (χ3v) is 4.60. The summed E-state index contributed by atoms with van der Waals surface area (Å²) in [6.45, 7) is 2.29. The molecular weight excluding hydrogens is 462 g/mol. The Labute approximate surface area is 161 Å². The largest absolute Gasteiger partial charge is 0.462 e. The van der Waals surface area contributed by atoms with Crippen molar-refractivity contribution in [1.29, 1.82) is 0 Å². The van der Waals surface area contributed by atoms with Crippen molar-refractivity contribution in [3.05, 3.63) is 67.6 Å². The standard InChI is InChI=1S/C18H16Br2F2O3/c1-2-3-4-25-18(24)11-5-10(6-12(19)7-11)17(23)13-8-14(20)16(22)9-15(13)21/h5-9,17,23H,2-4H2,1H3. The first-order chi connectivity index (χ1) is 11.8. The second-order valence-corrected chi connectivity index (χ2v) is 7.22. The first kappa shape index (κ1) is 20.0. The maximum atomic E-state index is 14.0. The highest BCUT2D eigenvalue weighted by atomic mass is 79.9. The molecule has 25 heavy (non-hydrogen) atoms. The second-order valence-electron chi connectivity index (χ2n) is 5.45. The monoisotopic (exact) mass is 476 g/mol. The molecule has 0 aliphatic rings. The zero-order valence-corrected chi connectivity index (χ0v) is 16.5. The number of carbonyl (C=O) groups is 1. The quantitative estimate of drug-likeness (QED) is 0.338. The van der Waals surface area contributed by atoms with Crippen LogP contribution in [0, 0.1) is 11.6 Å². The minimum absolute atomic E-state index is 0.0390. The molecule has 0 fully saturated rings. The maximum absolute atomic E-state index is 14.0. The number of esters is 1. The first-order valence-electron chi connectivity index (χ1n) is 7.63. The van der Waals surface area contributed by atoms with E-state index >= 15 is 0 Å². The molecule has 0 spiro atoms. The Morgan fingerprint density at radius 3 is 2.56 bits per heavy atom. The van der Waals surface area contributed by atoms with Crippen molar-refractivity contribution in [3.8, 4) is 0 Å². The Balaban J connectivity index is 2.33. The van der Waals surface area contributed by atoms with Gasteiger partial charge in [0.1, 0.15) is 17.7 Å². The van der Waals surface area contributed by atoms with E-state index in [2.05, 4.69) is 31.9 Å². The number of benzene rings is 2. The minimum atomic E-state index is -1.36. The molecule has 0 aromatic heterocycles. The normalized spacial score (nSPS) is 12.1. The van der Waals surface area contributed by atoms with Crippen LogP contribution >= 0.6 is 31.9 Å². The van der Waals surface area contributed by atoms with Crippen molar-refractivity contribution >= 4 is 37.8 Å². The molecule has 3 nitrogen and oxygen atoms in total. The van der Waals surface area contributed by atoms with Crippen LogP contribution in [0.15, 0.2) is 39.3 Å². The molecule has 0 aliphatic heterocycles. The Morgan fingerprint density at radius 1 is 1.16 bits per heavy atom. The van der Waals surface area contributed by atoms with Crippen LogP contribution in [0.5, 0.6) is 0 Å². The average molecular weight is 478 g/mol. The lowest BCUT2D eigenvalue weighted by atomic mass is 9.99. The van der Waals surface area contributed by atoms with Crippen molar-refractivity contribution in [1.82, 2.24) is 0 Å². The molecular formula is C18H16Br2F2O3. The lowest BCUT2D eigenvalue weighted by Crippen LogP contribution is -2.09. The number of hydrogen-bond acceptors (Lipinski definition) is 3. The highest BCUT2D eigenvalue weighted by Crippen LogP contribution is 2.31. The number of ether oxygens (including phenoxy) is 1. The van der Waals surface area contributed by atoms with Crippen LogP contribution in [0.2, 0.25) is 0 Å². The third kappa shape index (κ3) is 5.09. The van der Waals surface area contributed by atoms with Gasteiger partial charge in [-0.05, 0) is 52.2 Å². The summed E-state index contributed by atoms with van der Waals surface area (Å²) in [4.78, 5) is 12.1. The summed E-state index contributed by atoms with van der Waals surface area (Å²) in [5, 5.41) is 10.5. The van der Waals surface area contributed by atoms with Gasteiger partial charge in [-0.3, -0.25) is 0 Å². The van der Waals surface area contributed by atoms with E-state index in [0.29, 0.717) is 17.1 Å². The predicted octanol–water partition coefficient (Wildman–Crippen LogP) is 5.53. The van der Waals surface area contributed by atoms with Crippen molar-refractivity contribution < 1.29 is 23.4 Å². The molecule has 2 aromatic rings. The fourth-order valence-electron chi connectivity index (χ4n) is 2.21. The molecule has 1 unspecified atom stereocenters. The molecule has 0 saturated heterocycles. The van der Waals surface area contributed by atoms with E-state index in [-0.39, 0.29) is 21.2 Å². The maximum Gasteiger partial charge on any atom is 0.338 e. The van der Waals surface area contributed by atoms with E-state index < -0.39 is 23.7 Å². The zero-order valence-electron chi connectivity index (χ0n) is 13.4. The summed E-state index contributed by atoms with van der Waals surface area (Å²) < 4.78 is 33.1. The van der Waals surface area contributed by atoms with Gasteiger partial charge < -0.3 is 9.84 Å². The lowest BCUT2D eigenvalue weighted by Gasteiger charge is -2.15. The van der Waals surface area contributed by atoms with Crippen LogP contribution in [-0.2, 0) is 4.74 Å². The van der Waals surface area contributed by atoms with Crippen LogP contribution in [-0.4, -0.2) is 17.7 Å². The van der Waals surface area contributed by atoms with Crippen LogP contribution in [0.1, 0.15) is 47.4 Å². The number of hydrogen-bond donors (Lipinski definition) is 1. The summed E-state index contributed by atoms with van der Waals surface area (Å²) in [6.07, 6.45) is 0.287. The Kier molecular flexibility index (Phi) is 7.10. The van der Waals surface area contributed by atoms with Crippen molar-refractivity contribution in [3.63, 3.8) is 0 Å². The fraction of sp³-hybridized carbons (Fsp3) is 0.278. The summed E-state index contributed by atoms with van der Waals surface area (Å²) in [5.74, 6) is -2.16. The fourth-order valence-corrected chi connectivity index (χ4v) is 3.08. The Hall–Kier alpha value is -1.31. The summed E-state index contributed by atoms with van der Waals surface area (Å²) in [5.41, 5.74) is 0.423. The van der Waals surface area contributed by atoms with E-state index in [1.807, 2.05) is 6.92 Å². The van der Waals surface area contributed by atoms with Gasteiger partial charge in [0.25, 0.3) is 0 Å². The first-order valence-corrected chi connectivity index (χ1v) is 9.22. The molecule has 0 bridgehead atoms. The molecule has 1 N–H and O–H groups in total. The Morgan fingerprint density at radius 2 is 1.88 bits per heavy atom. The van der Waals surface area contributed by atoms with Crippen molar-refractivity contribution in [2.75, 3.05) is 6.61 Å². The molecule has 134 valence electrons. The zero-order chi connectivity index (χ0) is 18.6. The van der Waals surface area contributed by atoms with Crippen LogP contribution in [0.4, 0.5) is 8.78 Å². The summed E-state index contributed by atoms with van der Waals surface area (Å²) in [6, 6.07) is 6.42.